The zero-order valence-electron chi connectivity index (χ0n) is 18.2. The molecule has 0 saturated heterocycles. The van der Waals surface area contributed by atoms with Gasteiger partial charge in [-0.05, 0) is 54.4 Å². The number of hydrogen-bond donors (Lipinski definition) is 1. The van der Waals surface area contributed by atoms with Gasteiger partial charge >= 0.3 is 0 Å². The van der Waals surface area contributed by atoms with Crippen molar-refractivity contribution >= 4 is 21.6 Å². The van der Waals surface area contributed by atoms with Crippen LogP contribution in [0.1, 0.15) is 11.1 Å². The average molecular weight is 455 g/mol. The Bertz CT molecular complexity index is 1160. The number of benzene rings is 3. The number of amides is 1. The minimum atomic E-state index is -3.60. The normalized spacial score (nSPS) is 11.2. The molecule has 0 saturated carbocycles. The highest BCUT2D eigenvalue weighted by Gasteiger charge is 2.18. The zero-order chi connectivity index (χ0) is 23.1. The second kappa shape index (κ2) is 10.3. The van der Waals surface area contributed by atoms with Crippen molar-refractivity contribution in [2.75, 3.05) is 26.0 Å². The first-order chi connectivity index (χ1) is 15.3. The molecule has 3 aromatic rings. The van der Waals surface area contributed by atoms with E-state index < -0.39 is 15.9 Å². The molecule has 0 heterocycles. The molecule has 0 aliphatic rings. The summed E-state index contributed by atoms with van der Waals surface area (Å²) in [6.45, 7) is 2.04. The highest BCUT2D eigenvalue weighted by atomic mass is 32.2. The number of carbonyl (C=O) groups excluding carboxylic acids is 1. The number of carbonyl (C=O) groups is 1. The van der Waals surface area contributed by atoms with Crippen LogP contribution in [0.15, 0.2) is 77.7 Å². The van der Waals surface area contributed by atoms with E-state index in [1.807, 2.05) is 30.3 Å². The molecule has 3 aromatic carbocycles. The van der Waals surface area contributed by atoms with Crippen LogP contribution in [0, 0.1) is 6.92 Å². The van der Waals surface area contributed by atoms with Crippen LogP contribution >= 0.6 is 0 Å². The van der Waals surface area contributed by atoms with Gasteiger partial charge in [-0.2, -0.15) is 0 Å². The molecule has 0 radical (unpaired) electrons. The van der Waals surface area contributed by atoms with Crippen LogP contribution in [-0.4, -0.2) is 39.3 Å². The molecular weight excluding hydrogens is 428 g/mol. The van der Waals surface area contributed by atoms with E-state index in [0.717, 1.165) is 15.4 Å². The Morgan fingerprint density at radius 2 is 1.53 bits per heavy atom. The largest absolute Gasteiger partial charge is 0.489 e. The predicted molar refractivity (Wildman–Crippen MR) is 123 cm³/mol. The van der Waals surface area contributed by atoms with Crippen molar-refractivity contribution in [1.82, 2.24) is 4.31 Å². The van der Waals surface area contributed by atoms with E-state index in [9.17, 15) is 13.2 Å². The molecular formula is C24H26N2O5S. The summed E-state index contributed by atoms with van der Waals surface area (Å²) in [5.41, 5.74) is 2.24. The van der Waals surface area contributed by atoms with E-state index in [1.165, 1.54) is 26.2 Å². The maximum atomic E-state index is 12.3. The molecule has 1 amide bonds. The maximum Gasteiger partial charge on any atom is 0.262 e. The fourth-order valence-electron chi connectivity index (χ4n) is 2.82. The molecule has 7 nitrogen and oxygen atoms in total. The molecule has 8 heteroatoms. The van der Waals surface area contributed by atoms with Crippen molar-refractivity contribution in [3.05, 3.63) is 83.9 Å². The number of nitrogens with zero attached hydrogens (tertiary/aromatic N) is 1. The summed E-state index contributed by atoms with van der Waals surface area (Å²) in [6.07, 6.45) is 0. The first kappa shape index (κ1) is 23.3. The second-order valence-corrected chi connectivity index (χ2v) is 9.50. The van der Waals surface area contributed by atoms with Crippen LogP contribution in [0.3, 0.4) is 0 Å². The highest BCUT2D eigenvalue weighted by Crippen LogP contribution is 2.22. The summed E-state index contributed by atoms with van der Waals surface area (Å²) in [5.74, 6) is 0.824. The highest BCUT2D eigenvalue weighted by molar-refractivity contribution is 7.89. The van der Waals surface area contributed by atoms with Crippen molar-refractivity contribution in [3.8, 4) is 11.5 Å². The van der Waals surface area contributed by atoms with E-state index in [1.54, 1.807) is 37.3 Å². The van der Waals surface area contributed by atoms with Gasteiger partial charge in [0, 0.05) is 19.8 Å². The first-order valence-electron chi connectivity index (χ1n) is 9.98. The Hall–Kier alpha value is -3.36. The number of ether oxygens (including phenoxy) is 2. The summed E-state index contributed by atoms with van der Waals surface area (Å²) in [6, 6.07) is 21.5. The Balaban J connectivity index is 1.55. The van der Waals surface area contributed by atoms with Crippen molar-refractivity contribution in [2.24, 2.45) is 0 Å². The zero-order valence-corrected chi connectivity index (χ0v) is 19.1. The first-order valence-corrected chi connectivity index (χ1v) is 11.4. The lowest BCUT2D eigenvalue weighted by Gasteiger charge is -2.14. The maximum absolute atomic E-state index is 12.3. The minimum Gasteiger partial charge on any atom is -0.489 e. The summed E-state index contributed by atoms with van der Waals surface area (Å²) >= 11 is 0. The number of nitrogens with one attached hydrogen (secondary N) is 1. The van der Waals surface area contributed by atoms with Crippen LogP contribution in [0.4, 0.5) is 5.69 Å². The molecule has 0 spiro atoms. The summed E-state index contributed by atoms with van der Waals surface area (Å²) in [4.78, 5) is 12.4. The van der Waals surface area contributed by atoms with Gasteiger partial charge in [-0.3, -0.25) is 4.79 Å². The molecule has 32 heavy (non-hydrogen) atoms. The van der Waals surface area contributed by atoms with E-state index in [0.29, 0.717) is 23.8 Å². The molecule has 0 bridgehead atoms. The second-order valence-electron chi connectivity index (χ2n) is 7.35. The Kier molecular flexibility index (Phi) is 7.50. The van der Waals surface area contributed by atoms with Gasteiger partial charge in [0.25, 0.3) is 5.91 Å². The van der Waals surface area contributed by atoms with E-state index in [4.69, 9.17) is 9.47 Å². The number of hydrogen-bond acceptors (Lipinski definition) is 5. The predicted octanol–water partition coefficient (Wildman–Crippen LogP) is 3.84. The Labute approximate surface area is 188 Å². The molecule has 168 valence electrons. The molecule has 1 N–H and O–H groups in total. The van der Waals surface area contributed by atoms with Crippen LogP contribution < -0.4 is 14.8 Å². The van der Waals surface area contributed by atoms with Gasteiger partial charge in [0.15, 0.2) is 6.61 Å². The van der Waals surface area contributed by atoms with Gasteiger partial charge < -0.3 is 14.8 Å². The topological polar surface area (TPSA) is 84.9 Å². The van der Waals surface area contributed by atoms with E-state index >= 15 is 0 Å². The molecule has 0 unspecified atom stereocenters. The van der Waals surface area contributed by atoms with Crippen molar-refractivity contribution in [3.63, 3.8) is 0 Å². The fourth-order valence-corrected chi connectivity index (χ4v) is 3.74. The van der Waals surface area contributed by atoms with Gasteiger partial charge in [0.1, 0.15) is 18.1 Å². The van der Waals surface area contributed by atoms with E-state index in [2.05, 4.69) is 5.32 Å². The lowest BCUT2D eigenvalue weighted by atomic mass is 10.2. The lowest BCUT2D eigenvalue weighted by molar-refractivity contribution is -0.118. The third-order valence-corrected chi connectivity index (χ3v) is 6.51. The molecule has 0 aliphatic heterocycles. The Morgan fingerprint density at radius 1 is 0.906 bits per heavy atom. The molecule has 3 rings (SSSR count). The smallest absolute Gasteiger partial charge is 0.262 e. The van der Waals surface area contributed by atoms with Crippen molar-refractivity contribution < 1.29 is 22.7 Å². The summed E-state index contributed by atoms with van der Waals surface area (Å²) in [7, 11) is -0.680. The van der Waals surface area contributed by atoms with Gasteiger partial charge in [-0.1, -0.05) is 36.4 Å². The number of sulfonamides is 1. The number of anilines is 1. The average Bonchev–Trinajstić information content (AvgIpc) is 2.79. The van der Waals surface area contributed by atoms with Gasteiger partial charge in [-0.25, -0.2) is 12.7 Å². The summed E-state index contributed by atoms with van der Waals surface area (Å²) in [5, 5.41) is 2.71. The standard InChI is InChI=1S/C24H26N2O5S/c1-18-9-14-22(32(28,29)26(2)3)15-23(18)25-24(27)17-31-21-12-10-20(11-13-21)30-16-19-7-5-4-6-8-19/h4-15H,16-17H2,1-3H3,(H,25,27). The summed E-state index contributed by atoms with van der Waals surface area (Å²) < 4.78 is 37.0. The third-order valence-electron chi connectivity index (χ3n) is 4.70. The van der Waals surface area contributed by atoms with Crippen molar-refractivity contribution in [2.45, 2.75) is 18.4 Å². The minimum absolute atomic E-state index is 0.107. The van der Waals surface area contributed by atoms with Crippen molar-refractivity contribution in [1.29, 1.82) is 0 Å². The van der Waals surface area contributed by atoms with Crippen LogP contribution in [-0.2, 0) is 21.4 Å². The molecule has 0 atom stereocenters. The van der Waals surface area contributed by atoms with Crippen LogP contribution in [0.2, 0.25) is 0 Å². The SMILES string of the molecule is Cc1ccc(S(=O)(=O)N(C)C)cc1NC(=O)COc1ccc(OCc2ccccc2)cc1. The van der Waals surface area contributed by atoms with Gasteiger partial charge in [0.05, 0.1) is 4.90 Å². The van der Waals surface area contributed by atoms with E-state index in [-0.39, 0.29) is 11.5 Å². The molecule has 0 aliphatic carbocycles. The molecule has 0 fully saturated rings. The Morgan fingerprint density at radius 3 is 2.16 bits per heavy atom. The van der Waals surface area contributed by atoms with Gasteiger partial charge in [0.2, 0.25) is 10.0 Å². The lowest BCUT2D eigenvalue weighted by Crippen LogP contribution is -2.23. The van der Waals surface area contributed by atoms with Crippen LogP contribution in [0.25, 0.3) is 0 Å². The van der Waals surface area contributed by atoms with Gasteiger partial charge in [-0.15, -0.1) is 0 Å². The fraction of sp³-hybridized carbons (Fsp3) is 0.208. The quantitative estimate of drug-likeness (QED) is 0.531. The number of aryl methyl sites for hydroxylation is 1. The third kappa shape index (κ3) is 6.09. The number of rotatable bonds is 9. The monoisotopic (exact) mass is 454 g/mol. The van der Waals surface area contributed by atoms with Crippen LogP contribution in [0.5, 0.6) is 11.5 Å². The molecule has 0 aromatic heterocycles.